The van der Waals surface area contributed by atoms with Crippen molar-refractivity contribution in [2.24, 2.45) is 0 Å². The molecule has 23 heavy (non-hydrogen) atoms. The van der Waals surface area contributed by atoms with E-state index in [0.29, 0.717) is 22.1 Å². The number of phenols is 1. The highest BCUT2D eigenvalue weighted by Crippen LogP contribution is 2.27. The van der Waals surface area contributed by atoms with E-state index in [2.05, 4.69) is 15.4 Å². The second kappa shape index (κ2) is 6.10. The van der Waals surface area contributed by atoms with Crippen molar-refractivity contribution < 1.29 is 9.90 Å². The maximum absolute atomic E-state index is 12.4. The summed E-state index contributed by atoms with van der Waals surface area (Å²) < 4.78 is 1.58. The van der Waals surface area contributed by atoms with Crippen LogP contribution in [0.1, 0.15) is 16.1 Å². The first kappa shape index (κ1) is 15.1. The van der Waals surface area contributed by atoms with Crippen LogP contribution in [0.2, 0.25) is 5.02 Å². The van der Waals surface area contributed by atoms with E-state index in [9.17, 15) is 9.90 Å². The number of nitrogens with one attached hydrogen (secondary N) is 1. The van der Waals surface area contributed by atoms with Gasteiger partial charge in [0.2, 0.25) is 0 Å². The molecule has 116 valence electrons. The average molecular weight is 329 g/mol. The van der Waals surface area contributed by atoms with Crippen LogP contribution in [-0.4, -0.2) is 25.8 Å². The zero-order valence-electron chi connectivity index (χ0n) is 12.2. The smallest absolute Gasteiger partial charge is 0.259 e. The first-order chi connectivity index (χ1) is 11.1. The van der Waals surface area contributed by atoms with Gasteiger partial charge in [-0.2, -0.15) is 5.10 Å². The lowest BCUT2D eigenvalue weighted by molar-refractivity contribution is 0.102. The quantitative estimate of drug-likeness (QED) is 0.724. The zero-order valence-corrected chi connectivity index (χ0v) is 12.9. The lowest BCUT2D eigenvalue weighted by Gasteiger charge is -2.08. The number of nitrogens with zero attached hydrogens (tertiary/aromatic N) is 3. The molecule has 0 saturated heterocycles. The maximum atomic E-state index is 12.4. The summed E-state index contributed by atoms with van der Waals surface area (Å²) in [4.78, 5) is 16.6. The molecule has 0 bridgehead atoms. The number of halogens is 1. The highest BCUT2D eigenvalue weighted by Gasteiger charge is 2.17. The van der Waals surface area contributed by atoms with E-state index in [1.54, 1.807) is 29.9 Å². The minimum atomic E-state index is -0.387. The second-order valence-electron chi connectivity index (χ2n) is 4.86. The summed E-state index contributed by atoms with van der Waals surface area (Å²) in [6.07, 6.45) is 3.11. The van der Waals surface area contributed by atoms with Crippen molar-refractivity contribution in [3.05, 3.63) is 65.1 Å². The van der Waals surface area contributed by atoms with Gasteiger partial charge in [-0.1, -0.05) is 17.7 Å². The SMILES string of the molecule is Cc1c(C(=O)Nc2cc(Cl)ccc2O)cnn1-c1ccccn1. The summed E-state index contributed by atoms with van der Waals surface area (Å²) in [6, 6.07) is 9.88. The first-order valence-corrected chi connectivity index (χ1v) is 7.20. The number of carbonyl (C=O) groups excluding carboxylic acids is 1. The van der Waals surface area contributed by atoms with Gasteiger partial charge in [0.1, 0.15) is 5.75 Å². The van der Waals surface area contributed by atoms with E-state index in [-0.39, 0.29) is 17.3 Å². The van der Waals surface area contributed by atoms with Crippen LogP contribution in [0.4, 0.5) is 5.69 Å². The van der Waals surface area contributed by atoms with Gasteiger partial charge in [-0.15, -0.1) is 0 Å². The van der Waals surface area contributed by atoms with Gasteiger partial charge in [0.05, 0.1) is 23.1 Å². The molecule has 6 nitrogen and oxygen atoms in total. The average Bonchev–Trinajstić information content (AvgIpc) is 2.93. The standard InChI is InChI=1S/C16H13ClN4O2/c1-10-12(9-19-21(10)15-4-2-3-7-18-15)16(23)20-13-8-11(17)5-6-14(13)22/h2-9,22H,1H3,(H,20,23). The zero-order chi connectivity index (χ0) is 16.4. The Kier molecular flexibility index (Phi) is 3.99. The second-order valence-corrected chi connectivity index (χ2v) is 5.30. The summed E-state index contributed by atoms with van der Waals surface area (Å²) in [5, 5.41) is 17.0. The highest BCUT2D eigenvalue weighted by molar-refractivity contribution is 6.31. The first-order valence-electron chi connectivity index (χ1n) is 6.82. The molecule has 2 aromatic heterocycles. The molecule has 0 fully saturated rings. The van der Waals surface area contributed by atoms with Crippen LogP contribution in [0, 0.1) is 6.92 Å². The molecule has 0 aliphatic rings. The third kappa shape index (κ3) is 3.02. The lowest BCUT2D eigenvalue weighted by atomic mass is 10.2. The molecule has 3 aromatic rings. The number of aromatic nitrogens is 3. The normalized spacial score (nSPS) is 10.5. The van der Waals surface area contributed by atoms with Crippen LogP contribution in [0.25, 0.3) is 5.82 Å². The number of aromatic hydroxyl groups is 1. The molecular formula is C16H13ClN4O2. The number of rotatable bonds is 3. The van der Waals surface area contributed by atoms with Gasteiger partial charge in [0, 0.05) is 11.2 Å². The lowest BCUT2D eigenvalue weighted by Crippen LogP contribution is -2.13. The molecule has 0 aliphatic heterocycles. The van der Waals surface area contributed by atoms with Crippen molar-refractivity contribution >= 4 is 23.2 Å². The van der Waals surface area contributed by atoms with Gasteiger partial charge in [-0.05, 0) is 37.3 Å². The van der Waals surface area contributed by atoms with Crippen LogP contribution in [0.5, 0.6) is 5.75 Å². The molecular weight excluding hydrogens is 316 g/mol. The fourth-order valence-electron chi connectivity index (χ4n) is 2.14. The Labute approximate surface area is 137 Å². The van der Waals surface area contributed by atoms with Crippen LogP contribution in [-0.2, 0) is 0 Å². The third-order valence-corrected chi connectivity index (χ3v) is 3.56. The van der Waals surface area contributed by atoms with Crippen LogP contribution < -0.4 is 5.32 Å². The minimum Gasteiger partial charge on any atom is -0.506 e. The van der Waals surface area contributed by atoms with Crippen molar-refractivity contribution in [1.29, 1.82) is 0 Å². The molecule has 0 spiro atoms. The van der Waals surface area contributed by atoms with Crippen molar-refractivity contribution in [2.75, 3.05) is 5.32 Å². The minimum absolute atomic E-state index is 0.0579. The third-order valence-electron chi connectivity index (χ3n) is 3.33. The fourth-order valence-corrected chi connectivity index (χ4v) is 2.31. The molecule has 1 aromatic carbocycles. The molecule has 0 atom stereocenters. The molecule has 0 saturated carbocycles. The fraction of sp³-hybridized carbons (Fsp3) is 0.0625. The van der Waals surface area contributed by atoms with Crippen LogP contribution in [0.15, 0.2) is 48.8 Å². The van der Waals surface area contributed by atoms with Crippen molar-refractivity contribution in [3.63, 3.8) is 0 Å². The van der Waals surface area contributed by atoms with Crippen molar-refractivity contribution in [1.82, 2.24) is 14.8 Å². The number of amides is 1. The Balaban J connectivity index is 1.89. The highest BCUT2D eigenvalue weighted by atomic mass is 35.5. The molecule has 1 amide bonds. The van der Waals surface area contributed by atoms with E-state index >= 15 is 0 Å². The monoisotopic (exact) mass is 328 g/mol. The molecule has 0 radical (unpaired) electrons. The number of anilines is 1. The summed E-state index contributed by atoms with van der Waals surface area (Å²) in [5.74, 6) is 0.175. The van der Waals surface area contributed by atoms with Gasteiger partial charge < -0.3 is 10.4 Å². The van der Waals surface area contributed by atoms with Gasteiger partial charge in [-0.25, -0.2) is 9.67 Å². The van der Waals surface area contributed by atoms with Gasteiger partial charge >= 0.3 is 0 Å². The predicted octanol–water partition coefficient (Wildman–Crippen LogP) is 3.19. The number of phenolic OH excluding ortho intramolecular Hbond substituents is 1. The number of pyridine rings is 1. The number of carbonyl (C=O) groups is 1. The van der Waals surface area contributed by atoms with Crippen molar-refractivity contribution in [3.8, 4) is 11.6 Å². The van der Waals surface area contributed by atoms with E-state index in [1.807, 2.05) is 6.07 Å². The molecule has 3 rings (SSSR count). The number of hydrogen-bond donors (Lipinski definition) is 2. The van der Waals surface area contributed by atoms with Gasteiger partial charge in [0.25, 0.3) is 5.91 Å². The Bertz CT molecular complexity index is 862. The van der Waals surface area contributed by atoms with Gasteiger partial charge in [0.15, 0.2) is 5.82 Å². The largest absolute Gasteiger partial charge is 0.506 e. The Hall–Kier alpha value is -2.86. The molecule has 7 heteroatoms. The Morgan fingerprint density at radius 2 is 2.13 bits per heavy atom. The summed E-state index contributed by atoms with van der Waals surface area (Å²) in [7, 11) is 0. The van der Waals surface area contributed by atoms with Crippen LogP contribution in [0.3, 0.4) is 0 Å². The van der Waals surface area contributed by atoms with Gasteiger partial charge in [-0.3, -0.25) is 4.79 Å². The molecule has 0 aliphatic carbocycles. The van der Waals surface area contributed by atoms with Crippen LogP contribution >= 0.6 is 11.6 Å². The molecule has 0 unspecified atom stereocenters. The molecule has 2 heterocycles. The predicted molar refractivity (Wildman–Crippen MR) is 87.2 cm³/mol. The number of hydrogen-bond acceptors (Lipinski definition) is 4. The van der Waals surface area contributed by atoms with E-state index in [1.165, 1.54) is 24.4 Å². The van der Waals surface area contributed by atoms with E-state index < -0.39 is 0 Å². The van der Waals surface area contributed by atoms with Crippen molar-refractivity contribution in [2.45, 2.75) is 6.92 Å². The Morgan fingerprint density at radius 1 is 1.30 bits per heavy atom. The Morgan fingerprint density at radius 3 is 2.87 bits per heavy atom. The summed E-state index contributed by atoms with van der Waals surface area (Å²) >= 11 is 5.87. The van der Waals surface area contributed by atoms with E-state index in [0.717, 1.165) is 0 Å². The summed E-state index contributed by atoms with van der Waals surface area (Å²) in [5.41, 5.74) is 1.27. The number of benzene rings is 1. The molecule has 2 N–H and O–H groups in total. The topological polar surface area (TPSA) is 80.0 Å². The maximum Gasteiger partial charge on any atom is 0.259 e. The van der Waals surface area contributed by atoms with E-state index in [4.69, 9.17) is 11.6 Å². The summed E-state index contributed by atoms with van der Waals surface area (Å²) in [6.45, 7) is 1.77.